The monoisotopic (exact) mass is 387 g/mol. The third-order valence-electron chi connectivity index (χ3n) is 3.67. The maximum Gasteiger partial charge on any atom is 0.416 e. The number of esters is 1. The van der Waals surface area contributed by atoms with E-state index in [-0.39, 0.29) is 17.0 Å². The molecule has 2 aromatic rings. The zero-order valence-corrected chi connectivity index (χ0v) is 14.8. The van der Waals surface area contributed by atoms with Gasteiger partial charge in [-0.2, -0.15) is 17.5 Å². The highest BCUT2D eigenvalue weighted by Gasteiger charge is 2.30. The van der Waals surface area contributed by atoms with Crippen molar-refractivity contribution in [2.24, 2.45) is 0 Å². The number of benzene rings is 2. The summed E-state index contributed by atoms with van der Waals surface area (Å²) in [5.74, 6) is -0.591. The number of alkyl halides is 3. The van der Waals surface area contributed by atoms with Gasteiger partial charge < -0.3 is 4.74 Å². The maximum absolute atomic E-state index is 12.6. The molecule has 2 aromatic carbocycles. The number of hydrogen-bond donors (Lipinski definition) is 0. The summed E-state index contributed by atoms with van der Waals surface area (Å²) in [6.07, 6.45) is -4.45. The molecule has 9 heteroatoms. The lowest BCUT2D eigenvalue weighted by atomic mass is 10.1. The molecule has 0 unspecified atom stereocenters. The fraction of sp³-hybridized carbons (Fsp3) is 0.235. The van der Waals surface area contributed by atoms with Gasteiger partial charge in [-0.25, -0.2) is 13.2 Å². The van der Waals surface area contributed by atoms with Crippen molar-refractivity contribution in [1.82, 2.24) is 4.31 Å². The Morgan fingerprint density at radius 3 is 2.04 bits per heavy atom. The molecule has 0 aliphatic carbocycles. The van der Waals surface area contributed by atoms with E-state index in [1.807, 2.05) is 0 Å². The highest BCUT2D eigenvalue weighted by molar-refractivity contribution is 7.89. The molecule has 0 heterocycles. The minimum Gasteiger partial charge on any atom is -0.465 e. The van der Waals surface area contributed by atoms with Gasteiger partial charge in [0.05, 0.1) is 23.1 Å². The van der Waals surface area contributed by atoms with Crippen LogP contribution in [0.15, 0.2) is 53.4 Å². The number of hydrogen-bond acceptors (Lipinski definition) is 4. The van der Waals surface area contributed by atoms with Crippen LogP contribution in [0, 0.1) is 0 Å². The molecule has 0 aromatic heterocycles. The normalized spacial score (nSPS) is 12.2. The van der Waals surface area contributed by atoms with Crippen LogP contribution in [-0.2, 0) is 27.5 Å². The second-order valence-corrected chi connectivity index (χ2v) is 7.52. The molecule has 0 spiro atoms. The minimum absolute atomic E-state index is 0.0421. The molecule has 0 saturated carbocycles. The van der Waals surface area contributed by atoms with Crippen LogP contribution >= 0.6 is 0 Å². The summed E-state index contributed by atoms with van der Waals surface area (Å²) < 4.78 is 68.4. The van der Waals surface area contributed by atoms with Gasteiger partial charge in [-0.1, -0.05) is 12.1 Å². The fourth-order valence-electron chi connectivity index (χ4n) is 2.20. The standard InChI is InChI=1S/C17H16F3NO4S/c1-21(11-12-3-7-14(8-4-12)17(18,19)20)26(23,24)15-9-5-13(6-10-15)16(22)25-2/h3-10H,11H2,1-2H3. The summed E-state index contributed by atoms with van der Waals surface area (Å²) in [6.45, 7) is -0.0980. The fourth-order valence-corrected chi connectivity index (χ4v) is 3.36. The summed E-state index contributed by atoms with van der Waals surface area (Å²) in [6, 6.07) is 9.46. The van der Waals surface area contributed by atoms with Crippen LogP contribution in [0.25, 0.3) is 0 Å². The lowest BCUT2D eigenvalue weighted by Gasteiger charge is -2.18. The average molecular weight is 387 g/mol. The molecule has 5 nitrogen and oxygen atoms in total. The van der Waals surface area contributed by atoms with Crippen molar-refractivity contribution in [1.29, 1.82) is 0 Å². The summed E-state index contributed by atoms with van der Waals surface area (Å²) in [5, 5.41) is 0. The molecule has 26 heavy (non-hydrogen) atoms. The zero-order valence-electron chi connectivity index (χ0n) is 13.9. The summed E-state index contributed by atoms with van der Waals surface area (Å²) in [7, 11) is -1.33. The molecule has 0 fully saturated rings. The van der Waals surface area contributed by atoms with Gasteiger partial charge in [0.2, 0.25) is 10.0 Å². The molecule has 0 radical (unpaired) electrons. The highest BCUT2D eigenvalue weighted by atomic mass is 32.2. The van der Waals surface area contributed by atoms with Crippen molar-refractivity contribution in [3.05, 3.63) is 65.2 Å². The van der Waals surface area contributed by atoms with Gasteiger partial charge >= 0.3 is 12.1 Å². The van der Waals surface area contributed by atoms with E-state index in [1.54, 1.807) is 0 Å². The van der Waals surface area contributed by atoms with E-state index in [0.29, 0.717) is 5.56 Å². The van der Waals surface area contributed by atoms with Crippen LogP contribution in [0.5, 0.6) is 0 Å². The average Bonchev–Trinajstić information content (AvgIpc) is 2.60. The van der Waals surface area contributed by atoms with Crippen LogP contribution in [0.3, 0.4) is 0 Å². The van der Waals surface area contributed by atoms with Gasteiger partial charge in [0.25, 0.3) is 0 Å². The summed E-state index contributed by atoms with van der Waals surface area (Å²) >= 11 is 0. The van der Waals surface area contributed by atoms with E-state index in [9.17, 15) is 26.4 Å². The van der Waals surface area contributed by atoms with Gasteiger partial charge in [-0.3, -0.25) is 0 Å². The predicted octanol–water partition coefficient (Wildman–Crippen LogP) is 3.31. The second kappa shape index (κ2) is 7.46. The first kappa shape index (κ1) is 19.9. The van der Waals surface area contributed by atoms with Gasteiger partial charge in [-0.15, -0.1) is 0 Å². The van der Waals surface area contributed by atoms with Gasteiger partial charge in [-0.05, 0) is 42.0 Å². The SMILES string of the molecule is COC(=O)c1ccc(S(=O)(=O)N(C)Cc2ccc(C(F)(F)F)cc2)cc1. The van der Waals surface area contributed by atoms with Crippen LogP contribution in [-0.4, -0.2) is 32.8 Å². The summed E-state index contributed by atoms with van der Waals surface area (Å²) in [5.41, 5.74) is -0.183. The summed E-state index contributed by atoms with van der Waals surface area (Å²) in [4.78, 5) is 11.3. The number of ether oxygens (including phenoxy) is 1. The lowest BCUT2D eigenvalue weighted by molar-refractivity contribution is -0.137. The smallest absolute Gasteiger partial charge is 0.416 e. The number of rotatable bonds is 5. The molecule has 0 atom stereocenters. The quantitative estimate of drug-likeness (QED) is 0.739. The zero-order chi connectivity index (χ0) is 19.5. The van der Waals surface area contributed by atoms with E-state index in [0.717, 1.165) is 16.4 Å². The Morgan fingerprint density at radius 2 is 1.58 bits per heavy atom. The predicted molar refractivity (Wildman–Crippen MR) is 87.9 cm³/mol. The van der Waals surface area contributed by atoms with Crippen LogP contribution < -0.4 is 0 Å². The third-order valence-corrected chi connectivity index (χ3v) is 5.49. The molecule has 140 valence electrons. The minimum atomic E-state index is -4.45. The molecule has 2 rings (SSSR count). The Balaban J connectivity index is 2.17. The van der Waals surface area contributed by atoms with Crippen molar-refractivity contribution in [3.63, 3.8) is 0 Å². The van der Waals surface area contributed by atoms with E-state index in [1.165, 1.54) is 50.6 Å². The molecular weight excluding hydrogens is 371 g/mol. The topological polar surface area (TPSA) is 63.7 Å². The molecule has 0 bridgehead atoms. The Labute approximate surface area is 149 Å². The molecule has 0 saturated heterocycles. The number of nitrogens with zero attached hydrogens (tertiary/aromatic N) is 1. The van der Waals surface area contributed by atoms with Gasteiger partial charge in [0, 0.05) is 13.6 Å². The van der Waals surface area contributed by atoms with Crippen molar-refractivity contribution < 1.29 is 31.1 Å². The number of methoxy groups -OCH3 is 1. The van der Waals surface area contributed by atoms with Crippen LogP contribution in [0.2, 0.25) is 0 Å². The molecule has 0 aliphatic rings. The Morgan fingerprint density at radius 1 is 1.04 bits per heavy atom. The molecular formula is C17H16F3NO4S. The highest BCUT2D eigenvalue weighted by Crippen LogP contribution is 2.29. The van der Waals surface area contributed by atoms with E-state index >= 15 is 0 Å². The lowest BCUT2D eigenvalue weighted by Crippen LogP contribution is -2.26. The Hall–Kier alpha value is -2.39. The second-order valence-electron chi connectivity index (χ2n) is 5.47. The number of carbonyl (C=O) groups is 1. The van der Waals surface area contributed by atoms with Crippen LogP contribution in [0.1, 0.15) is 21.5 Å². The maximum atomic E-state index is 12.6. The van der Waals surface area contributed by atoms with Crippen molar-refractivity contribution in [2.45, 2.75) is 17.6 Å². The number of sulfonamides is 1. The Bertz CT molecular complexity index is 876. The molecule has 0 aliphatic heterocycles. The van der Waals surface area contributed by atoms with Crippen molar-refractivity contribution >= 4 is 16.0 Å². The largest absolute Gasteiger partial charge is 0.465 e. The van der Waals surface area contributed by atoms with Crippen molar-refractivity contribution in [3.8, 4) is 0 Å². The first-order valence-electron chi connectivity index (χ1n) is 7.36. The van der Waals surface area contributed by atoms with E-state index in [4.69, 9.17) is 0 Å². The first-order valence-corrected chi connectivity index (χ1v) is 8.80. The van der Waals surface area contributed by atoms with Crippen LogP contribution in [0.4, 0.5) is 13.2 Å². The van der Waals surface area contributed by atoms with Gasteiger partial charge in [0.15, 0.2) is 0 Å². The Kier molecular flexibility index (Phi) is 5.72. The van der Waals surface area contributed by atoms with Gasteiger partial charge in [0.1, 0.15) is 0 Å². The number of carbonyl (C=O) groups excluding carboxylic acids is 1. The van der Waals surface area contributed by atoms with Crippen molar-refractivity contribution in [2.75, 3.05) is 14.2 Å². The van der Waals surface area contributed by atoms with E-state index in [2.05, 4.69) is 4.74 Å². The van der Waals surface area contributed by atoms with E-state index < -0.39 is 27.7 Å². The third kappa shape index (κ3) is 4.41. The first-order chi connectivity index (χ1) is 12.1. The molecule has 0 N–H and O–H groups in total. The molecule has 0 amide bonds. The number of halogens is 3.